The Bertz CT molecular complexity index is 1180. The van der Waals surface area contributed by atoms with Crippen molar-refractivity contribution in [1.82, 2.24) is 5.32 Å². The van der Waals surface area contributed by atoms with Gasteiger partial charge in [0.2, 0.25) is 0 Å². The van der Waals surface area contributed by atoms with Gasteiger partial charge in [0.15, 0.2) is 0 Å². The van der Waals surface area contributed by atoms with Crippen molar-refractivity contribution >= 4 is 11.9 Å². The first-order valence-corrected chi connectivity index (χ1v) is 9.32. The molecule has 3 aromatic carbocycles. The van der Waals surface area contributed by atoms with E-state index in [2.05, 4.69) is 5.32 Å². The van der Waals surface area contributed by atoms with Crippen LogP contribution in [0.5, 0.6) is 23.0 Å². The number of esters is 1. The third-order valence-corrected chi connectivity index (χ3v) is 5.68. The number of phenolic OH excluding ortho intramolecular Hbond substituents is 2. The third kappa shape index (κ3) is 2.38. The van der Waals surface area contributed by atoms with Crippen LogP contribution in [0, 0.1) is 0 Å². The molecule has 0 radical (unpaired) electrons. The van der Waals surface area contributed by atoms with E-state index in [-0.39, 0.29) is 24.0 Å². The molecule has 2 aliphatic heterocycles. The van der Waals surface area contributed by atoms with Gasteiger partial charge < -0.3 is 25.0 Å². The fourth-order valence-corrected chi connectivity index (χ4v) is 4.30. The maximum absolute atomic E-state index is 12.6. The molecule has 30 heavy (non-hydrogen) atoms. The van der Waals surface area contributed by atoms with Crippen molar-refractivity contribution in [2.45, 2.75) is 5.41 Å². The average Bonchev–Trinajstić information content (AvgIpc) is 2.74. The number of aromatic hydroxyl groups is 2. The lowest BCUT2D eigenvalue weighted by Gasteiger charge is -2.43. The Hall–Kier alpha value is -4.00. The molecule has 7 nitrogen and oxygen atoms in total. The molecule has 0 atom stereocenters. The summed E-state index contributed by atoms with van der Waals surface area (Å²) < 4.78 is 11.5. The molecule has 1 spiro atoms. The Balaban J connectivity index is 1.88. The van der Waals surface area contributed by atoms with E-state index in [1.807, 2.05) is 0 Å². The number of cyclic esters (lactones) is 1. The monoisotopic (exact) mass is 403 g/mol. The van der Waals surface area contributed by atoms with Crippen LogP contribution in [0.1, 0.15) is 37.4 Å². The zero-order valence-electron chi connectivity index (χ0n) is 15.9. The SMILES string of the molecule is CNC(=O)c1ccc2c(c1)C1(COC2=O)c2ccc(O)cc2Oc2cc(O)ccc21. The molecule has 2 aliphatic rings. The number of carbonyl (C=O) groups is 2. The third-order valence-electron chi connectivity index (χ3n) is 5.68. The largest absolute Gasteiger partial charge is 0.508 e. The van der Waals surface area contributed by atoms with Crippen molar-refractivity contribution in [3.05, 3.63) is 82.4 Å². The highest BCUT2D eigenvalue weighted by Gasteiger charge is 2.49. The van der Waals surface area contributed by atoms with E-state index >= 15 is 0 Å². The molecular formula is C23H17NO6. The van der Waals surface area contributed by atoms with Crippen molar-refractivity contribution in [1.29, 1.82) is 0 Å². The van der Waals surface area contributed by atoms with Crippen LogP contribution in [0.2, 0.25) is 0 Å². The number of rotatable bonds is 1. The number of fused-ring (bicyclic) bond motifs is 6. The summed E-state index contributed by atoms with van der Waals surface area (Å²) in [5.74, 6) is 0.0195. The molecule has 0 saturated heterocycles. The van der Waals surface area contributed by atoms with Crippen molar-refractivity contribution in [3.63, 3.8) is 0 Å². The molecule has 5 rings (SSSR count). The van der Waals surface area contributed by atoms with Gasteiger partial charge in [-0.25, -0.2) is 4.79 Å². The molecular weight excluding hydrogens is 386 g/mol. The minimum Gasteiger partial charge on any atom is -0.508 e. The van der Waals surface area contributed by atoms with E-state index in [0.717, 1.165) is 0 Å². The fourth-order valence-electron chi connectivity index (χ4n) is 4.30. The van der Waals surface area contributed by atoms with Gasteiger partial charge in [-0.05, 0) is 35.9 Å². The van der Waals surface area contributed by atoms with Gasteiger partial charge in [-0.3, -0.25) is 4.79 Å². The second-order valence-electron chi connectivity index (χ2n) is 7.28. The Labute approximate surface area is 171 Å². The number of nitrogens with one attached hydrogen (secondary N) is 1. The van der Waals surface area contributed by atoms with Crippen LogP contribution >= 0.6 is 0 Å². The lowest BCUT2D eigenvalue weighted by molar-refractivity contribution is 0.0401. The van der Waals surface area contributed by atoms with Crippen molar-refractivity contribution in [3.8, 4) is 23.0 Å². The summed E-state index contributed by atoms with van der Waals surface area (Å²) in [6, 6.07) is 14.3. The van der Waals surface area contributed by atoms with E-state index in [1.54, 1.807) is 30.3 Å². The summed E-state index contributed by atoms with van der Waals surface area (Å²) >= 11 is 0. The zero-order valence-corrected chi connectivity index (χ0v) is 15.9. The average molecular weight is 403 g/mol. The highest BCUT2D eigenvalue weighted by atomic mass is 16.5. The van der Waals surface area contributed by atoms with Gasteiger partial charge in [-0.15, -0.1) is 0 Å². The Morgan fingerprint density at radius 3 is 2.17 bits per heavy atom. The molecule has 0 unspecified atom stereocenters. The quantitative estimate of drug-likeness (QED) is 0.540. The number of hydrogen-bond acceptors (Lipinski definition) is 6. The summed E-state index contributed by atoms with van der Waals surface area (Å²) in [5, 5.41) is 22.6. The zero-order chi connectivity index (χ0) is 21.0. The number of benzene rings is 3. The maximum Gasteiger partial charge on any atom is 0.338 e. The maximum atomic E-state index is 12.6. The summed E-state index contributed by atoms with van der Waals surface area (Å²) in [6.07, 6.45) is 0. The first-order valence-electron chi connectivity index (χ1n) is 9.32. The van der Waals surface area contributed by atoms with Crippen LogP contribution in [-0.4, -0.2) is 35.7 Å². The van der Waals surface area contributed by atoms with E-state index in [4.69, 9.17) is 9.47 Å². The highest BCUT2D eigenvalue weighted by Crippen LogP contribution is 2.55. The molecule has 0 aliphatic carbocycles. The molecule has 0 saturated carbocycles. The Morgan fingerprint density at radius 1 is 0.933 bits per heavy atom. The number of phenols is 2. The standard InChI is InChI=1S/C23H17NO6/c1-24-21(27)12-2-5-15-18(8-12)23(11-29-22(15)28)16-6-3-13(25)9-19(16)30-20-10-14(26)4-7-17(20)23/h2-10,25-26H,11H2,1H3,(H,24,27). The van der Waals surface area contributed by atoms with Gasteiger partial charge in [0, 0.05) is 35.9 Å². The van der Waals surface area contributed by atoms with Gasteiger partial charge in [0.1, 0.15) is 29.6 Å². The smallest absolute Gasteiger partial charge is 0.338 e. The molecule has 0 bridgehead atoms. The number of hydrogen-bond donors (Lipinski definition) is 3. The van der Waals surface area contributed by atoms with E-state index in [0.29, 0.717) is 39.3 Å². The van der Waals surface area contributed by atoms with E-state index < -0.39 is 11.4 Å². The van der Waals surface area contributed by atoms with E-state index in [9.17, 15) is 19.8 Å². The highest BCUT2D eigenvalue weighted by molar-refractivity contribution is 5.99. The van der Waals surface area contributed by atoms with Gasteiger partial charge >= 0.3 is 5.97 Å². The van der Waals surface area contributed by atoms with Crippen LogP contribution in [0.4, 0.5) is 0 Å². The predicted molar refractivity (Wildman–Crippen MR) is 106 cm³/mol. The topological polar surface area (TPSA) is 105 Å². The Kier molecular flexibility index (Phi) is 3.76. The van der Waals surface area contributed by atoms with Gasteiger partial charge in [0.25, 0.3) is 5.91 Å². The van der Waals surface area contributed by atoms with Crippen LogP contribution in [-0.2, 0) is 10.2 Å². The first-order chi connectivity index (χ1) is 14.4. The molecule has 3 aromatic rings. The van der Waals surface area contributed by atoms with Crippen LogP contribution in [0.15, 0.2) is 54.6 Å². The Morgan fingerprint density at radius 2 is 1.57 bits per heavy atom. The first kappa shape index (κ1) is 18.1. The van der Waals surface area contributed by atoms with Crippen molar-refractivity contribution < 1.29 is 29.3 Å². The summed E-state index contributed by atoms with van der Waals surface area (Å²) in [4.78, 5) is 24.9. The minimum atomic E-state index is -0.975. The number of ether oxygens (including phenoxy) is 2. The van der Waals surface area contributed by atoms with Gasteiger partial charge in [0.05, 0.1) is 11.0 Å². The predicted octanol–water partition coefficient (Wildman–Crippen LogP) is 3.07. The lowest BCUT2D eigenvalue weighted by Crippen LogP contribution is -2.43. The molecule has 0 fully saturated rings. The van der Waals surface area contributed by atoms with Crippen LogP contribution < -0.4 is 10.1 Å². The molecule has 7 heteroatoms. The van der Waals surface area contributed by atoms with Gasteiger partial charge in [-0.2, -0.15) is 0 Å². The second-order valence-corrected chi connectivity index (χ2v) is 7.28. The van der Waals surface area contributed by atoms with E-state index in [1.165, 1.54) is 31.3 Å². The van der Waals surface area contributed by atoms with Crippen LogP contribution in [0.25, 0.3) is 0 Å². The van der Waals surface area contributed by atoms with Crippen molar-refractivity contribution in [2.24, 2.45) is 0 Å². The molecule has 3 N–H and O–H groups in total. The summed E-state index contributed by atoms with van der Waals surface area (Å²) in [6.45, 7) is -0.0189. The van der Waals surface area contributed by atoms with Crippen LogP contribution in [0.3, 0.4) is 0 Å². The fraction of sp³-hybridized carbons (Fsp3) is 0.130. The summed E-state index contributed by atoms with van der Waals surface area (Å²) in [7, 11) is 1.54. The summed E-state index contributed by atoms with van der Waals surface area (Å²) in [5.41, 5.74) is 1.73. The number of amides is 1. The van der Waals surface area contributed by atoms with Crippen molar-refractivity contribution in [2.75, 3.05) is 13.7 Å². The second kappa shape index (κ2) is 6.25. The molecule has 150 valence electrons. The molecule has 2 heterocycles. The minimum absolute atomic E-state index is 0.0136. The van der Waals surface area contributed by atoms with Gasteiger partial charge in [-0.1, -0.05) is 12.1 Å². The normalized spacial score (nSPS) is 15.3. The molecule has 0 aromatic heterocycles. The number of carbonyl (C=O) groups excluding carboxylic acids is 2. The lowest BCUT2D eigenvalue weighted by atomic mass is 9.65. The molecule has 1 amide bonds.